The van der Waals surface area contributed by atoms with Crippen LogP contribution in [0.2, 0.25) is 0 Å². The summed E-state index contributed by atoms with van der Waals surface area (Å²) in [6.07, 6.45) is 4.49. The molecule has 13 heavy (non-hydrogen) atoms. The standard InChI is InChI=1S/C10H19NO2/c1-7(8-2-3-8)6-9(11)4-5-10(12)13/h7-9H,2-6,11H2,1H3,(H,12,13). The zero-order valence-corrected chi connectivity index (χ0v) is 8.20. The van der Waals surface area contributed by atoms with E-state index in [-0.39, 0.29) is 12.5 Å². The van der Waals surface area contributed by atoms with Gasteiger partial charge in [-0.05, 0) is 37.5 Å². The highest BCUT2D eigenvalue weighted by Crippen LogP contribution is 2.38. The third kappa shape index (κ3) is 4.27. The summed E-state index contributed by atoms with van der Waals surface area (Å²) >= 11 is 0. The molecule has 2 unspecified atom stereocenters. The van der Waals surface area contributed by atoms with Crippen molar-refractivity contribution in [2.45, 2.75) is 45.1 Å². The fraction of sp³-hybridized carbons (Fsp3) is 0.900. The molecule has 2 atom stereocenters. The maximum Gasteiger partial charge on any atom is 0.303 e. The highest BCUT2D eigenvalue weighted by atomic mass is 16.4. The van der Waals surface area contributed by atoms with E-state index in [0.717, 1.165) is 12.3 Å². The van der Waals surface area contributed by atoms with E-state index in [9.17, 15) is 4.79 Å². The minimum Gasteiger partial charge on any atom is -0.481 e. The fourth-order valence-electron chi connectivity index (χ4n) is 1.76. The topological polar surface area (TPSA) is 63.3 Å². The van der Waals surface area contributed by atoms with Crippen LogP contribution in [-0.2, 0) is 4.79 Å². The Bertz CT molecular complexity index is 178. The quantitative estimate of drug-likeness (QED) is 0.661. The zero-order valence-electron chi connectivity index (χ0n) is 8.20. The van der Waals surface area contributed by atoms with Gasteiger partial charge in [-0.15, -0.1) is 0 Å². The molecule has 3 heteroatoms. The first-order chi connectivity index (χ1) is 6.09. The van der Waals surface area contributed by atoms with Gasteiger partial charge < -0.3 is 10.8 Å². The van der Waals surface area contributed by atoms with Crippen LogP contribution in [0, 0.1) is 11.8 Å². The first kappa shape index (κ1) is 10.5. The summed E-state index contributed by atoms with van der Waals surface area (Å²) in [7, 11) is 0. The molecular weight excluding hydrogens is 166 g/mol. The van der Waals surface area contributed by atoms with Crippen LogP contribution < -0.4 is 5.73 Å². The van der Waals surface area contributed by atoms with Crippen LogP contribution in [0.5, 0.6) is 0 Å². The summed E-state index contributed by atoms with van der Waals surface area (Å²) in [5.74, 6) is 0.814. The van der Waals surface area contributed by atoms with Gasteiger partial charge in [0, 0.05) is 12.5 Å². The Morgan fingerprint density at radius 1 is 1.62 bits per heavy atom. The SMILES string of the molecule is CC(CC(N)CCC(=O)O)C1CC1. The van der Waals surface area contributed by atoms with E-state index in [1.54, 1.807) is 0 Å². The summed E-state index contributed by atoms with van der Waals surface area (Å²) in [5.41, 5.74) is 5.83. The van der Waals surface area contributed by atoms with E-state index in [2.05, 4.69) is 6.92 Å². The maximum absolute atomic E-state index is 10.3. The van der Waals surface area contributed by atoms with Crippen molar-refractivity contribution in [2.24, 2.45) is 17.6 Å². The Morgan fingerprint density at radius 3 is 2.69 bits per heavy atom. The molecule has 0 bridgehead atoms. The third-order valence-corrected chi connectivity index (χ3v) is 2.83. The Labute approximate surface area is 79.3 Å². The van der Waals surface area contributed by atoms with E-state index >= 15 is 0 Å². The van der Waals surface area contributed by atoms with Gasteiger partial charge in [0.1, 0.15) is 0 Å². The number of hydrogen-bond acceptors (Lipinski definition) is 2. The lowest BCUT2D eigenvalue weighted by molar-refractivity contribution is -0.137. The number of hydrogen-bond donors (Lipinski definition) is 2. The lowest BCUT2D eigenvalue weighted by Gasteiger charge is -2.15. The van der Waals surface area contributed by atoms with Crippen molar-refractivity contribution in [3.05, 3.63) is 0 Å². The highest BCUT2D eigenvalue weighted by Gasteiger charge is 2.28. The lowest BCUT2D eigenvalue weighted by Crippen LogP contribution is -2.24. The third-order valence-electron chi connectivity index (χ3n) is 2.83. The van der Waals surface area contributed by atoms with Crippen LogP contribution >= 0.6 is 0 Å². The molecule has 1 rings (SSSR count). The molecular formula is C10H19NO2. The Morgan fingerprint density at radius 2 is 2.23 bits per heavy atom. The van der Waals surface area contributed by atoms with Crippen LogP contribution in [0.4, 0.5) is 0 Å². The second kappa shape index (κ2) is 4.61. The van der Waals surface area contributed by atoms with Crippen LogP contribution in [-0.4, -0.2) is 17.1 Å². The molecule has 0 aromatic heterocycles. The van der Waals surface area contributed by atoms with Crippen molar-refractivity contribution in [1.29, 1.82) is 0 Å². The maximum atomic E-state index is 10.3. The second-order valence-corrected chi connectivity index (χ2v) is 4.24. The molecule has 1 fully saturated rings. The van der Waals surface area contributed by atoms with Crippen LogP contribution in [0.1, 0.15) is 39.0 Å². The fourth-order valence-corrected chi connectivity index (χ4v) is 1.76. The molecule has 0 aromatic carbocycles. The van der Waals surface area contributed by atoms with Gasteiger partial charge in [0.15, 0.2) is 0 Å². The number of aliphatic carboxylic acids is 1. The molecule has 0 radical (unpaired) electrons. The molecule has 0 spiro atoms. The van der Waals surface area contributed by atoms with Gasteiger partial charge in [-0.2, -0.15) is 0 Å². The predicted molar refractivity (Wildman–Crippen MR) is 51.4 cm³/mol. The van der Waals surface area contributed by atoms with Crippen molar-refractivity contribution in [1.82, 2.24) is 0 Å². The summed E-state index contributed by atoms with van der Waals surface area (Å²) in [6.45, 7) is 2.22. The van der Waals surface area contributed by atoms with Crippen LogP contribution in [0.15, 0.2) is 0 Å². The number of carbonyl (C=O) groups is 1. The largest absolute Gasteiger partial charge is 0.481 e. The summed E-state index contributed by atoms with van der Waals surface area (Å²) < 4.78 is 0. The molecule has 1 aliphatic rings. The average molecular weight is 185 g/mol. The van der Waals surface area contributed by atoms with Gasteiger partial charge in [0.25, 0.3) is 0 Å². The Hall–Kier alpha value is -0.570. The average Bonchev–Trinajstić information content (AvgIpc) is 2.82. The van der Waals surface area contributed by atoms with Gasteiger partial charge in [-0.1, -0.05) is 6.92 Å². The molecule has 0 aromatic rings. The molecule has 0 amide bonds. The van der Waals surface area contributed by atoms with Crippen molar-refractivity contribution in [3.8, 4) is 0 Å². The van der Waals surface area contributed by atoms with Gasteiger partial charge in [-0.25, -0.2) is 0 Å². The van der Waals surface area contributed by atoms with E-state index in [1.807, 2.05) is 0 Å². The molecule has 1 aliphatic carbocycles. The molecule has 0 heterocycles. The zero-order chi connectivity index (χ0) is 9.84. The number of carboxylic acid groups (broad SMARTS) is 1. The van der Waals surface area contributed by atoms with Gasteiger partial charge in [0.2, 0.25) is 0 Å². The van der Waals surface area contributed by atoms with E-state index in [0.29, 0.717) is 12.3 Å². The predicted octanol–water partition coefficient (Wildman–Crippen LogP) is 1.61. The van der Waals surface area contributed by atoms with Gasteiger partial charge in [0.05, 0.1) is 0 Å². The first-order valence-electron chi connectivity index (χ1n) is 5.07. The minimum atomic E-state index is -0.741. The van der Waals surface area contributed by atoms with E-state index in [1.165, 1.54) is 12.8 Å². The van der Waals surface area contributed by atoms with Crippen molar-refractivity contribution < 1.29 is 9.90 Å². The van der Waals surface area contributed by atoms with Crippen molar-refractivity contribution in [2.75, 3.05) is 0 Å². The minimum absolute atomic E-state index is 0.0756. The number of nitrogens with two attached hydrogens (primary N) is 1. The molecule has 3 nitrogen and oxygen atoms in total. The molecule has 0 aliphatic heterocycles. The lowest BCUT2D eigenvalue weighted by atomic mass is 9.95. The van der Waals surface area contributed by atoms with Crippen LogP contribution in [0.3, 0.4) is 0 Å². The Balaban J connectivity index is 2.08. The van der Waals surface area contributed by atoms with E-state index < -0.39 is 5.97 Å². The van der Waals surface area contributed by atoms with E-state index in [4.69, 9.17) is 10.8 Å². The Kier molecular flexibility index (Phi) is 3.72. The molecule has 0 saturated heterocycles. The van der Waals surface area contributed by atoms with Gasteiger partial charge in [-0.3, -0.25) is 4.79 Å². The monoisotopic (exact) mass is 185 g/mol. The summed E-state index contributed by atoms with van der Waals surface area (Å²) in [5, 5.41) is 8.46. The summed E-state index contributed by atoms with van der Waals surface area (Å²) in [4.78, 5) is 10.3. The van der Waals surface area contributed by atoms with Crippen molar-refractivity contribution >= 4 is 5.97 Å². The molecule has 76 valence electrons. The van der Waals surface area contributed by atoms with Crippen LogP contribution in [0.25, 0.3) is 0 Å². The normalized spacial score (nSPS) is 21.1. The number of rotatable bonds is 6. The molecule has 1 saturated carbocycles. The molecule has 3 N–H and O–H groups in total. The second-order valence-electron chi connectivity index (χ2n) is 4.24. The number of carboxylic acids is 1. The van der Waals surface area contributed by atoms with Crippen molar-refractivity contribution in [3.63, 3.8) is 0 Å². The first-order valence-corrected chi connectivity index (χ1v) is 5.07. The highest BCUT2D eigenvalue weighted by molar-refractivity contribution is 5.66. The summed E-state index contributed by atoms with van der Waals surface area (Å²) in [6, 6.07) is 0.0756. The smallest absolute Gasteiger partial charge is 0.303 e. The van der Waals surface area contributed by atoms with Gasteiger partial charge >= 0.3 is 5.97 Å².